The molecule has 0 saturated heterocycles. The van der Waals surface area contributed by atoms with Gasteiger partial charge in [0.15, 0.2) is 0 Å². The second-order valence-corrected chi connectivity index (χ2v) is 5.05. The van der Waals surface area contributed by atoms with Crippen molar-refractivity contribution in [1.82, 2.24) is 14.8 Å². The summed E-state index contributed by atoms with van der Waals surface area (Å²) in [6, 6.07) is 10.4. The van der Waals surface area contributed by atoms with E-state index in [1.165, 1.54) is 10.9 Å². The molecule has 2 heterocycles. The van der Waals surface area contributed by atoms with Crippen LogP contribution in [0.25, 0.3) is 10.9 Å². The molecule has 0 aliphatic heterocycles. The van der Waals surface area contributed by atoms with E-state index in [0.717, 1.165) is 29.1 Å². The Morgan fingerprint density at radius 1 is 1.20 bits per heavy atom. The summed E-state index contributed by atoms with van der Waals surface area (Å²) in [5, 5.41) is 9.07. The van der Waals surface area contributed by atoms with Gasteiger partial charge < -0.3 is 5.32 Å². The quantitative estimate of drug-likeness (QED) is 0.791. The number of hydrogen-bond donors (Lipinski definition) is 1. The van der Waals surface area contributed by atoms with Crippen LogP contribution in [-0.4, -0.2) is 14.8 Å². The van der Waals surface area contributed by atoms with E-state index >= 15 is 0 Å². The van der Waals surface area contributed by atoms with Crippen LogP contribution >= 0.6 is 0 Å². The van der Waals surface area contributed by atoms with Gasteiger partial charge >= 0.3 is 0 Å². The number of aryl methyl sites for hydroxylation is 2. The van der Waals surface area contributed by atoms with Crippen molar-refractivity contribution in [1.29, 1.82) is 0 Å². The van der Waals surface area contributed by atoms with Crippen LogP contribution in [0.5, 0.6) is 0 Å². The van der Waals surface area contributed by atoms with Crippen molar-refractivity contribution in [3.8, 4) is 0 Å². The summed E-state index contributed by atoms with van der Waals surface area (Å²) in [5.41, 5.74) is 5.59. The molecular formula is C16H18N4. The highest BCUT2D eigenvalue weighted by atomic mass is 15.3. The number of aromatic nitrogens is 3. The highest BCUT2D eigenvalue weighted by molar-refractivity contribution is 5.79. The van der Waals surface area contributed by atoms with Gasteiger partial charge in [-0.3, -0.25) is 9.67 Å². The molecule has 0 unspecified atom stereocenters. The fourth-order valence-corrected chi connectivity index (χ4v) is 2.45. The molecule has 0 fully saturated rings. The molecule has 4 nitrogen and oxygen atoms in total. The van der Waals surface area contributed by atoms with Gasteiger partial charge in [0, 0.05) is 25.2 Å². The van der Waals surface area contributed by atoms with Gasteiger partial charge in [0.1, 0.15) is 0 Å². The van der Waals surface area contributed by atoms with Gasteiger partial charge in [-0.1, -0.05) is 12.1 Å². The van der Waals surface area contributed by atoms with Crippen molar-refractivity contribution in [3.63, 3.8) is 0 Å². The summed E-state index contributed by atoms with van der Waals surface area (Å²) in [7, 11) is 1.97. The third-order valence-corrected chi connectivity index (χ3v) is 3.65. The predicted octanol–water partition coefficient (Wildman–Crippen LogP) is 3.20. The van der Waals surface area contributed by atoms with Crippen molar-refractivity contribution in [2.45, 2.75) is 20.4 Å². The molecule has 4 heteroatoms. The third kappa shape index (κ3) is 2.25. The SMILES string of the molecule is Cc1nn(C)c(C)c1NCc1ccc2ncccc2c1. The van der Waals surface area contributed by atoms with Crippen LogP contribution < -0.4 is 5.32 Å². The first-order valence-corrected chi connectivity index (χ1v) is 6.73. The van der Waals surface area contributed by atoms with Gasteiger partial charge in [-0.2, -0.15) is 5.10 Å². The van der Waals surface area contributed by atoms with Gasteiger partial charge in [-0.25, -0.2) is 0 Å². The summed E-state index contributed by atoms with van der Waals surface area (Å²) in [6.45, 7) is 4.89. The van der Waals surface area contributed by atoms with Crippen LogP contribution in [0, 0.1) is 13.8 Å². The molecule has 1 N–H and O–H groups in total. The minimum atomic E-state index is 0.790. The minimum Gasteiger partial charge on any atom is -0.378 e. The van der Waals surface area contributed by atoms with Crippen LogP contribution in [0.4, 0.5) is 5.69 Å². The van der Waals surface area contributed by atoms with E-state index in [1.54, 1.807) is 0 Å². The molecule has 0 spiro atoms. The Balaban J connectivity index is 1.83. The zero-order valence-electron chi connectivity index (χ0n) is 12.0. The Morgan fingerprint density at radius 2 is 2.05 bits per heavy atom. The Hall–Kier alpha value is -2.36. The average Bonchev–Trinajstić information content (AvgIpc) is 2.70. The van der Waals surface area contributed by atoms with Crippen LogP contribution in [0.2, 0.25) is 0 Å². The molecule has 0 amide bonds. The molecule has 0 radical (unpaired) electrons. The molecule has 0 aliphatic rings. The number of hydrogen-bond acceptors (Lipinski definition) is 3. The fraction of sp³-hybridized carbons (Fsp3) is 0.250. The molecule has 0 saturated carbocycles. The summed E-state index contributed by atoms with van der Waals surface area (Å²) in [5.74, 6) is 0. The monoisotopic (exact) mass is 266 g/mol. The molecule has 1 aromatic carbocycles. The second-order valence-electron chi connectivity index (χ2n) is 5.05. The molecule has 2 aromatic heterocycles. The molecular weight excluding hydrogens is 248 g/mol. The van der Waals surface area contributed by atoms with Crippen molar-refractivity contribution in [2.75, 3.05) is 5.32 Å². The topological polar surface area (TPSA) is 42.7 Å². The second kappa shape index (κ2) is 4.96. The van der Waals surface area contributed by atoms with Crippen LogP contribution in [-0.2, 0) is 13.6 Å². The van der Waals surface area contributed by atoms with Gasteiger partial charge in [0.25, 0.3) is 0 Å². The lowest BCUT2D eigenvalue weighted by Gasteiger charge is -2.08. The first-order valence-electron chi connectivity index (χ1n) is 6.73. The smallest absolute Gasteiger partial charge is 0.0827 e. The van der Waals surface area contributed by atoms with Gasteiger partial charge in [-0.05, 0) is 37.6 Å². The van der Waals surface area contributed by atoms with Crippen molar-refractivity contribution in [3.05, 3.63) is 53.5 Å². The normalized spacial score (nSPS) is 10.9. The Morgan fingerprint density at radius 3 is 2.80 bits per heavy atom. The maximum atomic E-state index is 4.42. The van der Waals surface area contributed by atoms with E-state index in [4.69, 9.17) is 0 Å². The van der Waals surface area contributed by atoms with E-state index < -0.39 is 0 Å². The number of fused-ring (bicyclic) bond motifs is 1. The summed E-state index contributed by atoms with van der Waals surface area (Å²) >= 11 is 0. The first-order chi connectivity index (χ1) is 9.65. The zero-order valence-corrected chi connectivity index (χ0v) is 12.0. The number of benzene rings is 1. The van der Waals surface area contributed by atoms with Gasteiger partial charge in [0.05, 0.1) is 22.6 Å². The highest BCUT2D eigenvalue weighted by Gasteiger charge is 2.08. The molecule has 0 atom stereocenters. The van der Waals surface area contributed by atoms with Crippen LogP contribution in [0.3, 0.4) is 0 Å². The van der Waals surface area contributed by atoms with Crippen molar-refractivity contribution < 1.29 is 0 Å². The van der Waals surface area contributed by atoms with Crippen LogP contribution in [0.15, 0.2) is 36.5 Å². The maximum Gasteiger partial charge on any atom is 0.0827 e. The molecule has 0 aliphatic carbocycles. The molecule has 20 heavy (non-hydrogen) atoms. The molecule has 102 valence electrons. The van der Waals surface area contributed by atoms with Crippen LogP contribution in [0.1, 0.15) is 17.0 Å². The summed E-state index contributed by atoms with van der Waals surface area (Å²) < 4.78 is 1.90. The molecule has 0 bridgehead atoms. The number of pyridine rings is 1. The number of nitrogens with zero attached hydrogens (tertiary/aromatic N) is 3. The lowest BCUT2D eigenvalue weighted by molar-refractivity contribution is 0.731. The van der Waals surface area contributed by atoms with E-state index in [-0.39, 0.29) is 0 Å². The van der Waals surface area contributed by atoms with E-state index in [9.17, 15) is 0 Å². The van der Waals surface area contributed by atoms with E-state index in [0.29, 0.717) is 0 Å². The largest absolute Gasteiger partial charge is 0.378 e. The number of anilines is 1. The first kappa shape index (κ1) is 12.7. The lowest BCUT2D eigenvalue weighted by atomic mass is 10.1. The van der Waals surface area contributed by atoms with Gasteiger partial charge in [0.2, 0.25) is 0 Å². The summed E-state index contributed by atoms with van der Waals surface area (Å²) in [4.78, 5) is 4.34. The predicted molar refractivity (Wildman–Crippen MR) is 81.8 cm³/mol. The molecule has 3 aromatic rings. The summed E-state index contributed by atoms with van der Waals surface area (Å²) in [6.07, 6.45) is 1.82. The highest BCUT2D eigenvalue weighted by Crippen LogP contribution is 2.20. The zero-order chi connectivity index (χ0) is 14.1. The third-order valence-electron chi connectivity index (χ3n) is 3.65. The Kier molecular flexibility index (Phi) is 3.14. The van der Waals surface area contributed by atoms with Gasteiger partial charge in [-0.15, -0.1) is 0 Å². The van der Waals surface area contributed by atoms with E-state index in [1.807, 2.05) is 30.9 Å². The van der Waals surface area contributed by atoms with Crippen molar-refractivity contribution >= 4 is 16.6 Å². The minimum absolute atomic E-state index is 0.790. The fourth-order valence-electron chi connectivity index (χ4n) is 2.45. The average molecular weight is 266 g/mol. The Bertz CT molecular complexity index is 758. The lowest BCUT2D eigenvalue weighted by Crippen LogP contribution is -2.02. The number of nitrogens with one attached hydrogen (secondary N) is 1. The Labute approximate surface area is 118 Å². The van der Waals surface area contributed by atoms with Crippen molar-refractivity contribution in [2.24, 2.45) is 7.05 Å². The van der Waals surface area contributed by atoms with E-state index in [2.05, 4.69) is 46.6 Å². The molecule has 3 rings (SSSR count). The number of rotatable bonds is 3. The maximum absolute atomic E-state index is 4.42. The standard InChI is InChI=1S/C16H18N4/c1-11-16(12(2)20(3)19-11)18-10-13-6-7-15-14(9-13)5-4-8-17-15/h4-9,18H,10H2,1-3H3.